The van der Waals surface area contributed by atoms with Crippen LogP contribution in [0, 0.1) is 13.8 Å². The fourth-order valence-electron chi connectivity index (χ4n) is 4.68. The number of aryl methyl sites for hydroxylation is 4. The van der Waals surface area contributed by atoms with Gasteiger partial charge in [-0.25, -0.2) is 9.78 Å². The molecule has 0 saturated heterocycles. The van der Waals surface area contributed by atoms with Crippen LogP contribution in [0.25, 0.3) is 28.2 Å². The first-order valence-corrected chi connectivity index (χ1v) is 14.3. The highest BCUT2D eigenvalue weighted by molar-refractivity contribution is 7.98. The molecule has 0 bridgehead atoms. The minimum Gasteiger partial charge on any atom is -0.321 e. The highest BCUT2D eigenvalue weighted by atomic mass is 32.2. The van der Waals surface area contributed by atoms with Crippen LogP contribution in [0.15, 0.2) is 63.3 Å². The Hall–Kier alpha value is -3.92. The van der Waals surface area contributed by atoms with Crippen LogP contribution in [0.5, 0.6) is 0 Å². The molecule has 5 rings (SSSR count). The Balaban J connectivity index is 1.59. The first kappa shape index (κ1) is 26.7. The molecule has 0 amide bonds. The molecule has 1 N–H and O–H groups in total. The predicted octanol–water partition coefficient (Wildman–Crippen LogP) is 5.25. The van der Waals surface area contributed by atoms with Gasteiger partial charge in [0.05, 0.1) is 11.4 Å². The standard InChI is InChI=1S/C29H33N7O2S/c1-5-7-16-35-26-24(27(37)31-28(35)38)34(15-6-2)23(30-26)18-39-29-33-32-25(21-11-9-8-10-12-21)36(29)22-14-13-19(3)20(4)17-22/h8-14,17H,5-7,15-16,18H2,1-4H3,(H,31,37,38). The van der Waals surface area contributed by atoms with E-state index in [9.17, 15) is 9.59 Å². The molecule has 0 aliphatic rings. The number of nitrogens with one attached hydrogen (secondary N) is 1. The van der Waals surface area contributed by atoms with Gasteiger partial charge in [0, 0.05) is 18.7 Å². The molecule has 3 aromatic heterocycles. The van der Waals surface area contributed by atoms with E-state index in [-0.39, 0.29) is 0 Å². The molecule has 0 atom stereocenters. The number of thioether (sulfide) groups is 1. The number of H-pyrrole nitrogens is 1. The highest BCUT2D eigenvalue weighted by Gasteiger charge is 2.21. The molecule has 0 aliphatic heterocycles. The third kappa shape index (κ3) is 5.21. The summed E-state index contributed by atoms with van der Waals surface area (Å²) in [6.45, 7) is 9.47. The Kier molecular flexibility index (Phi) is 7.83. The number of nitrogens with zero attached hydrogens (tertiary/aromatic N) is 6. The van der Waals surface area contributed by atoms with Crippen LogP contribution in [0.2, 0.25) is 0 Å². The van der Waals surface area contributed by atoms with E-state index in [4.69, 9.17) is 4.98 Å². The molecule has 39 heavy (non-hydrogen) atoms. The summed E-state index contributed by atoms with van der Waals surface area (Å²) in [5, 5.41) is 9.86. The smallest absolute Gasteiger partial charge is 0.321 e. The van der Waals surface area contributed by atoms with Gasteiger partial charge >= 0.3 is 5.69 Å². The first-order valence-electron chi connectivity index (χ1n) is 13.4. The van der Waals surface area contributed by atoms with E-state index < -0.39 is 11.2 Å². The maximum atomic E-state index is 12.9. The van der Waals surface area contributed by atoms with E-state index in [1.807, 2.05) is 34.9 Å². The monoisotopic (exact) mass is 543 g/mol. The summed E-state index contributed by atoms with van der Waals surface area (Å²) >= 11 is 1.52. The minimum absolute atomic E-state index is 0.399. The number of aromatic amines is 1. The third-order valence-electron chi connectivity index (χ3n) is 6.89. The summed E-state index contributed by atoms with van der Waals surface area (Å²) in [6.07, 6.45) is 2.59. The van der Waals surface area contributed by atoms with Crippen molar-refractivity contribution >= 4 is 22.9 Å². The van der Waals surface area contributed by atoms with Crippen LogP contribution in [0.4, 0.5) is 0 Å². The molecule has 0 radical (unpaired) electrons. The largest absolute Gasteiger partial charge is 0.330 e. The van der Waals surface area contributed by atoms with Crippen molar-refractivity contribution in [2.45, 2.75) is 71.0 Å². The van der Waals surface area contributed by atoms with Gasteiger partial charge in [0.1, 0.15) is 5.82 Å². The van der Waals surface area contributed by atoms with Crippen LogP contribution in [-0.4, -0.2) is 33.9 Å². The lowest BCUT2D eigenvalue weighted by Gasteiger charge is -2.12. The normalized spacial score (nSPS) is 11.5. The van der Waals surface area contributed by atoms with Gasteiger partial charge < -0.3 is 4.57 Å². The molecule has 5 aromatic rings. The van der Waals surface area contributed by atoms with Crippen molar-refractivity contribution < 1.29 is 0 Å². The van der Waals surface area contributed by atoms with Crippen LogP contribution < -0.4 is 11.2 Å². The van der Waals surface area contributed by atoms with Gasteiger partial charge in [-0.1, -0.05) is 68.4 Å². The SMILES string of the molecule is CCCCn1c(=O)[nH]c(=O)c2c1nc(CSc1nnc(-c3ccccc3)n1-c1ccc(C)c(C)c1)n2CCC. The molecular formula is C29H33N7O2S. The molecule has 3 heterocycles. The molecule has 10 heteroatoms. The minimum atomic E-state index is -0.414. The van der Waals surface area contributed by atoms with Crippen molar-refractivity contribution in [3.63, 3.8) is 0 Å². The Morgan fingerprint density at radius 3 is 2.41 bits per heavy atom. The van der Waals surface area contributed by atoms with Crippen molar-refractivity contribution in [2.75, 3.05) is 0 Å². The maximum absolute atomic E-state index is 12.9. The van der Waals surface area contributed by atoms with Gasteiger partial charge in [0.2, 0.25) is 0 Å². The molecule has 0 saturated carbocycles. The Morgan fingerprint density at radius 1 is 0.897 bits per heavy atom. The average Bonchev–Trinajstić information content (AvgIpc) is 3.52. The zero-order valence-electron chi connectivity index (χ0n) is 22.8. The lowest BCUT2D eigenvalue weighted by molar-refractivity contribution is 0.612. The van der Waals surface area contributed by atoms with Crippen LogP contribution >= 0.6 is 11.8 Å². The van der Waals surface area contributed by atoms with Crippen molar-refractivity contribution in [1.82, 2.24) is 33.9 Å². The third-order valence-corrected chi connectivity index (χ3v) is 7.82. The summed E-state index contributed by atoms with van der Waals surface area (Å²) in [5.41, 5.74) is 4.44. The second-order valence-electron chi connectivity index (χ2n) is 9.68. The van der Waals surface area contributed by atoms with Crippen molar-refractivity contribution in [2.24, 2.45) is 0 Å². The second-order valence-corrected chi connectivity index (χ2v) is 10.6. The highest BCUT2D eigenvalue weighted by Crippen LogP contribution is 2.31. The lowest BCUT2D eigenvalue weighted by Crippen LogP contribution is -2.31. The predicted molar refractivity (Wildman–Crippen MR) is 156 cm³/mol. The van der Waals surface area contributed by atoms with E-state index in [1.54, 1.807) is 4.57 Å². The van der Waals surface area contributed by atoms with E-state index in [0.717, 1.165) is 47.3 Å². The topological polar surface area (TPSA) is 103 Å². The summed E-state index contributed by atoms with van der Waals surface area (Å²) in [5.74, 6) is 1.95. The zero-order valence-corrected chi connectivity index (χ0v) is 23.6. The summed E-state index contributed by atoms with van der Waals surface area (Å²) in [7, 11) is 0. The molecule has 9 nitrogen and oxygen atoms in total. The molecule has 2 aromatic carbocycles. The van der Waals surface area contributed by atoms with E-state index in [0.29, 0.717) is 30.0 Å². The van der Waals surface area contributed by atoms with Gasteiger partial charge in [0.15, 0.2) is 22.1 Å². The van der Waals surface area contributed by atoms with Gasteiger partial charge in [-0.3, -0.25) is 18.9 Å². The van der Waals surface area contributed by atoms with Crippen LogP contribution in [0.3, 0.4) is 0 Å². The van der Waals surface area contributed by atoms with E-state index in [2.05, 4.69) is 65.6 Å². The second kappa shape index (κ2) is 11.4. The van der Waals surface area contributed by atoms with Crippen molar-refractivity contribution in [3.05, 3.63) is 86.3 Å². The molecule has 0 fully saturated rings. The van der Waals surface area contributed by atoms with Gasteiger partial charge in [-0.2, -0.15) is 0 Å². The van der Waals surface area contributed by atoms with Crippen LogP contribution in [0.1, 0.15) is 50.1 Å². The van der Waals surface area contributed by atoms with Crippen LogP contribution in [-0.2, 0) is 18.8 Å². The van der Waals surface area contributed by atoms with Crippen molar-refractivity contribution in [3.8, 4) is 17.1 Å². The van der Waals surface area contributed by atoms with Gasteiger partial charge in [-0.05, 0) is 49.9 Å². The first-order chi connectivity index (χ1) is 18.9. The molecular weight excluding hydrogens is 510 g/mol. The number of aromatic nitrogens is 7. The molecule has 0 unspecified atom stereocenters. The Morgan fingerprint density at radius 2 is 1.69 bits per heavy atom. The summed E-state index contributed by atoms with van der Waals surface area (Å²) in [4.78, 5) is 32.9. The lowest BCUT2D eigenvalue weighted by atomic mass is 10.1. The fraction of sp³-hybridized carbons (Fsp3) is 0.345. The number of fused-ring (bicyclic) bond motifs is 1. The van der Waals surface area contributed by atoms with E-state index in [1.165, 1.54) is 22.9 Å². The summed E-state index contributed by atoms with van der Waals surface area (Å²) < 4.78 is 5.60. The Labute approximate surface area is 230 Å². The zero-order chi connectivity index (χ0) is 27.5. The van der Waals surface area contributed by atoms with Gasteiger partial charge in [0.25, 0.3) is 5.56 Å². The van der Waals surface area contributed by atoms with Crippen molar-refractivity contribution in [1.29, 1.82) is 0 Å². The average molecular weight is 544 g/mol. The number of rotatable bonds is 10. The Bertz CT molecular complexity index is 1730. The number of unbranched alkanes of at least 4 members (excludes halogenated alkanes) is 1. The quantitative estimate of drug-likeness (QED) is 0.241. The van der Waals surface area contributed by atoms with Gasteiger partial charge in [-0.15, -0.1) is 10.2 Å². The maximum Gasteiger partial charge on any atom is 0.330 e. The molecule has 0 aliphatic carbocycles. The van der Waals surface area contributed by atoms with E-state index >= 15 is 0 Å². The number of benzene rings is 2. The molecule has 202 valence electrons. The summed E-state index contributed by atoms with van der Waals surface area (Å²) in [6, 6.07) is 16.4. The molecule has 0 spiro atoms. The number of hydrogen-bond acceptors (Lipinski definition) is 6. The number of hydrogen-bond donors (Lipinski definition) is 1. The fourth-order valence-corrected chi connectivity index (χ4v) is 5.58. The number of imidazole rings is 1.